The molecule has 0 spiro atoms. The van der Waals surface area contributed by atoms with Gasteiger partial charge in [-0.3, -0.25) is 14.9 Å². The molecule has 1 aliphatic rings. The Bertz CT molecular complexity index is 1020. The molecule has 1 aliphatic heterocycles. The van der Waals surface area contributed by atoms with Crippen molar-refractivity contribution < 1.29 is 24.2 Å². The molecule has 1 saturated heterocycles. The number of rotatable bonds is 4. The van der Waals surface area contributed by atoms with Crippen LogP contribution in [0.5, 0.6) is 11.5 Å². The van der Waals surface area contributed by atoms with Gasteiger partial charge in [-0.2, -0.15) is 0 Å². The van der Waals surface area contributed by atoms with E-state index >= 15 is 0 Å². The summed E-state index contributed by atoms with van der Waals surface area (Å²) in [5.74, 6) is -1.44. The number of anilines is 1. The van der Waals surface area contributed by atoms with E-state index in [4.69, 9.17) is 4.74 Å². The summed E-state index contributed by atoms with van der Waals surface area (Å²) in [7, 11) is 1.39. The zero-order chi connectivity index (χ0) is 20.4. The van der Waals surface area contributed by atoms with Crippen molar-refractivity contribution in [2.24, 2.45) is 0 Å². The summed E-state index contributed by atoms with van der Waals surface area (Å²) in [6.45, 7) is 1.91. The molecule has 0 aromatic heterocycles. The summed E-state index contributed by atoms with van der Waals surface area (Å²) in [6.07, 6.45) is 1.96. The van der Waals surface area contributed by atoms with Gasteiger partial charge in [0, 0.05) is 0 Å². The highest BCUT2D eigenvalue weighted by molar-refractivity contribution is 9.10. The number of halogens is 1. The lowest BCUT2D eigenvalue weighted by Crippen LogP contribution is -2.54. The summed E-state index contributed by atoms with van der Waals surface area (Å²) in [5.41, 5.74) is 1.47. The van der Waals surface area contributed by atoms with Crippen LogP contribution in [0.2, 0.25) is 0 Å². The molecule has 4 amide bonds. The number of methoxy groups -OCH3 is 1. The number of amides is 4. The van der Waals surface area contributed by atoms with Gasteiger partial charge in [0.15, 0.2) is 11.5 Å². The Kier molecular flexibility index (Phi) is 5.51. The average Bonchev–Trinajstić information content (AvgIpc) is 2.67. The molecule has 0 radical (unpaired) electrons. The van der Waals surface area contributed by atoms with E-state index < -0.39 is 17.8 Å². The molecular formula is C20H17BrN2O5. The van der Waals surface area contributed by atoms with Crippen LogP contribution >= 0.6 is 15.9 Å². The molecule has 0 saturated carbocycles. The topological polar surface area (TPSA) is 95.9 Å². The van der Waals surface area contributed by atoms with Crippen LogP contribution < -0.4 is 15.0 Å². The quantitative estimate of drug-likeness (QED) is 0.556. The van der Waals surface area contributed by atoms with Crippen molar-refractivity contribution >= 4 is 45.5 Å². The van der Waals surface area contributed by atoms with Gasteiger partial charge in [-0.05, 0) is 57.8 Å². The Morgan fingerprint density at radius 1 is 1.21 bits per heavy atom. The third kappa shape index (κ3) is 3.50. The highest BCUT2D eigenvalue weighted by Crippen LogP contribution is 2.36. The van der Waals surface area contributed by atoms with Crippen LogP contribution in [-0.4, -0.2) is 30.1 Å². The van der Waals surface area contributed by atoms with E-state index in [2.05, 4.69) is 21.2 Å². The highest BCUT2D eigenvalue weighted by atomic mass is 79.9. The van der Waals surface area contributed by atoms with Crippen LogP contribution in [0, 0.1) is 0 Å². The zero-order valence-corrected chi connectivity index (χ0v) is 16.7. The standard InChI is InChI=1S/C20H17BrN2O5/c1-3-12-6-4-5-7-15(12)23-19(26)13(18(25)22-20(23)27)8-11-9-14(21)17(24)16(10-11)28-2/h4-10,24H,3H2,1-2H3,(H,22,25,27). The molecule has 2 N–H and O–H groups in total. The molecule has 2 aromatic carbocycles. The first kappa shape index (κ1) is 19.6. The average molecular weight is 445 g/mol. The Morgan fingerprint density at radius 3 is 2.61 bits per heavy atom. The van der Waals surface area contributed by atoms with E-state index in [1.165, 1.54) is 25.3 Å². The molecule has 0 bridgehead atoms. The van der Waals surface area contributed by atoms with Gasteiger partial charge in [-0.1, -0.05) is 25.1 Å². The van der Waals surface area contributed by atoms with Gasteiger partial charge < -0.3 is 9.84 Å². The Hall–Kier alpha value is -3.13. The minimum atomic E-state index is -0.794. The number of hydrogen-bond donors (Lipinski definition) is 2. The fourth-order valence-corrected chi connectivity index (χ4v) is 3.36. The number of aryl methyl sites for hydroxylation is 1. The maximum Gasteiger partial charge on any atom is 0.335 e. The fraction of sp³-hybridized carbons (Fsp3) is 0.150. The lowest BCUT2D eigenvalue weighted by atomic mass is 10.0. The van der Waals surface area contributed by atoms with Crippen LogP contribution in [0.25, 0.3) is 6.08 Å². The molecular weight excluding hydrogens is 428 g/mol. The summed E-state index contributed by atoms with van der Waals surface area (Å²) >= 11 is 3.20. The molecule has 7 nitrogen and oxygen atoms in total. The summed E-state index contributed by atoms with van der Waals surface area (Å²) in [4.78, 5) is 38.6. The van der Waals surface area contributed by atoms with Gasteiger partial charge in [0.2, 0.25) is 0 Å². The maximum atomic E-state index is 13.0. The third-order valence-corrected chi connectivity index (χ3v) is 4.90. The summed E-state index contributed by atoms with van der Waals surface area (Å²) < 4.78 is 5.43. The second kappa shape index (κ2) is 7.85. The van der Waals surface area contributed by atoms with Gasteiger partial charge in [0.25, 0.3) is 11.8 Å². The normalized spacial score (nSPS) is 15.8. The number of hydrogen-bond acceptors (Lipinski definition) is 5. The lowest BCUT2D eigenvalue weighted by molar-refractivity contribution is -0.122. The predicted octanol–water partition coefficient (Wildman–Crippen LogP) is 3.39. The summed E-state index contributed by atoms with van der Waals surface area (Å²) in [6, 6.07) is 9.23. The lowest BCUT2D eigenvalue weighted by Gasteiger charge is -2.28. The number of nitrogens with zero attached hydrogens (tertiary/aromatic N) is 1. The number of nitrogens with one attached hydrogen (secondary N) is 1. The highest BCUT2D eigenvalue weighted by Gasteiger charge is 2.37. The first-order chi connectivity index (χ1) is 13.4. The first-order valence-electron chi connectivity index (χ1n) is 8.43. The molecule has 1 heterocycles. The number of benzene rings is 2. The predicted molar refractivity (Wildman–Crippen MR) is 107 cm³/mol. The zero-order valence-electron chi connectivity index (χ0n) is 15.2. The number of para-hydroxylation sites is 1. The molecule has 0 unspecified atom stereocenters. The van der Waals surface area contributed by atoms with Crippen LogP contribution in [0.3, 0.4) is 0 Å². The van der Waals surface area contributed by atoms with Crippen molar-refractivity contribution in [2.45, 2.75) is 13.3 Å². The Labute approximate surface area is 169 Å². The van der Waals surface area contributed by atoms with Crippen LogP contribution in [0.4, 0.5) is 10.5 Å². The van der Waals surface area contributed by atoms with E-state index in [-0.39, 0.29) is 17.1 Å². The van der Waals surface area contributed by atoms with E-state index in [1.54, 1.807) is 12.1 Å². The number of carbonyl (C=O) groups excluding carboxylic acids is 3. The smallest absolute Gasteiger partial charge is 0.335 e. The van der Waals surface area contributed by atoms with Gasteiger partial charge >= 0.3 is 6.03 Å². The molecule has 8 heteroatoms. The van der Waals surface area contributed by atoms with Crippen molar-refractivity contribution in [1.29, 1.82) is 0 Å². The molecule has 2 aromatic rings. The van der Waals surface area contributed by atoms with E-state index in [1.807, 2.05) is 19.1 Å². The van der Waals surface area contributed by atoms with Crippen molar-refractivity contribution in [1.82, 2.24) is 5.32 Å². The molecule has 144 valence electrons. The number of urea groups is 1. The van der Waals surface area contributed by atoms with Crippen molar-refractivity contribution in [3.63, 3.8) is 0 Å². The van der Waals surface area contributed by atoms with Crippen LogP contribution in [0.1, 0.15) is 18.1 Å². The van der Waals surface area contributed by atoms with E-state index in [0.717, 1.165) is 10.5 Å². The number of phenols is 1. The maximum absolute atomic E-state index is 13.0. The molecule has 0 aliphatic carbocycles. The Balaban J connectivity index is 2.08. The molecule has 3 rings (SSSR count). The number of imide groups is 2. The van der Waals surface area contributed by atoms with E-state index in [0.29, 0.717) is 22.1 Å². The van der Waals surface area contributed by atoms with Crippen molar-refractivity contribution in [3.8, 4) is 11.5 Å². The second-order valence-corrected chi connectivity index (χ2v) is 6.85. The first-order valence-corrected chi connectivity index (χ1v) is 9.22. The molecule has 28 heavy (non-hydrogen) atoms. The minimum Gasteiger partial charge on any atom is -0.503 e. The Morgan fingerprint density at radius 2 is 1.93 bits per heavy atom. The van der Waals surface area contributed by atoms with Crippen molar-refractivity contribution in [2.75, 3.05) is 12.0 Å². The number of ether oxygens (including phenoxy) is 1. The monoisotopic (exact) mass is 444 g/mol. The van der Waals surface area contributed by atoms with Gasteiger partial charge in [-0.15, -0.1) is 0 Å². The van der Waals surface area contributed by atoms with Gasteiger partial charge in [0.1, 0.15) is 5.57 Å². The largest absolute Gasteiger partial charge is 0.503 e. The fourth-order valence-electron chi connectivity index (χ4n) is 2.90. The second-order valence-electron chi connectivity index (χ2n) is 5.99. The molecule has 1 fully saturated rings. The van der Waals surface area contributed by atoms with Crippen LogP contribution in [0.15, 0.2) is 46.4 Å². The van der Waals surface area contributed by atoms with Crippen molar-refractivity contribution in [3.05, 3.63) is 57.6 Å². The third-order valence-electron chi connectivity index (χ3n) is 4.30. The number of barbiturate groups is 1. The van der Waals surface area contributed by atoms with Gasteiger partial charge in [-0.25, -0.2) is 9.69 Å². The van der Waals surface area contributed by atoms with Crippen LogP contribution in [-0.2, 0) is 16.0 Å². The van der Waals surface area contributed by atoms with Gasteiger partial charge in [0.05, 0.1) is 17.3 Å². The van der Waals surface area contributed by atoms with E-state index in [9.17, 15) is 19.5 Å². The molecule has 0 atom stereocenters. The number of carbonyl (C=O) groups is 3. The SMILES string of the molecule is CCc1ccccc1N1C(=O)NC(=O)C(=Cc2cc(Br)c(O)c(OC)c2)C1=O. The minimum absolute atomic E-state index is 0.0993. The number of aromatic hydroxyl groups is 1. The number of phenolic OH excluding ortho intramolecular Hbond substituents is 1. The summed E-state index contributed by atoms with van der Waals surface area (Å²) in [5, 5.41) is 12.1.